The molecule has 5 heteroatoms. The summed E-state index contributed by atoms with van der Waals surface area (Å²) < 4.78 is 38.0. The van der Waals surface area contributed by atoms with Crippen molar-refractivity contribution in [2.75, 3.05) is 18.8 Å². The van der Waals surface area contributed by atoms with E-state index in [2.05, 4.69) is 0 Å². The van der Waals surface area contributed by atoms with Gasteiger partial charge in [0.15, 0.2) is 0 Å². The van der Waals surface area contributed by atoms with Crippen LogP contribution in [0.4, 0.5) is 4.39 Å². The number of nitrogens with zero attached hydrogens (tertiary/aromatic N) is 1. The van der Waals surface area contributed by atoms with E-state index in [0.717, 1.165) is 12.0 Å². The molecular formula is C12H16FNO2S. The average molecular weight is 257 g/mol. The second kappa shape index (κ2) is 4.74. The number of hydrogen-bond acceptors (Lipinski definition) is 2. The molecule has 1 aromatic carbocycles. The Morgan fingerprint density at radius 3 is 2.88 bits per heavy atom. The van der Waals surface area contributed by atoms with Crippen molar-refractivity contribution in [1.29, 1.82) is 0 Å². The monoisotopic (exact) mass is 257 g/mol. The maximum Gasteiger partial charge on any atom is 0.213 e. The number of sulfonamides is 1. The van der Waals surface area contributed by atoms with E-state index in [1.54, 1.807) is 13.0 Å². The van der Waals surface area contributed by atoms with Gasteiger partial charge in [0, 0.05) is 13.1 Å². The van der Waals surface area contributed by atoms with Crippen LogP contribution in [0.2, 0.25) is 0 Å². The number of hydrogen-bond donors (Lipinski definition) is 0. The minimum Gasteiger partial charge on any atom is -0.212 e. The fourth-order valence-corrected chi connectivity index (χ4v) is 3.35. The second-order valence-electron chi connectivity index (χ2n) is 4.30. The van der Waals surface area contributed by atoms with Crippen LogP contribution in [0.25, 0.3) is 0 Å². The summed E-state index contributed by atoms with van der Waals surface area (Å²) in [5.41, 5.74) is 0.888. The summed E-state index contributed by atoms with van der Waals surface area (Å²) in [6.45, 7) is 2.65. The number of benzene rings is 1. The molecule has 1 unspecified atom stereocenters. The van der Waals surface area contributed by atoms with Gasteiger partial charge in [-0.05, 0) is 37.0 Å². The van der Waals surface area contributed by atoms with Crippen molar-refractivity contribution in [3.05, 3.63) is 35.6 Å². The highest BCUT2D eigenvalue weighted by Crippen LogP contribution is 2.29. The van der Waals surface area contributed by atoms with Gasteiger partial charge < -0.3 is 0 Å². The Morgan fingerprint density at radius 2 is 2.24 bits per heavy atom. The quantitative estimate of drug-likeness (QED) is 0.830. The third-order valence-electron chi connectivity index (χ3n) is 3.23. The Bertz CT molecular complexity index is 501. The highest BCUT2D eigenvalue weighted by molar-refractivity contribution is 7.89. The van der Waals surface area contributed by atoms with Gasteiger partial charge >= 0.3 is 0 Å². The van der Waals surface area contributed by atoms with E-state index in [1.807, 2.05) is 6.07 Å². The molecule has 1 fully saturated rings. The van der Waals surface area contributed by atoms with Crippen molar-refractivity contribution in [2.45, 2.75) is 19.3 Å². The van der Waals surface area contributed by atoms with E-state index < -0.39 is 10.0 Å². The Hall–Kier alpha value is -0.940. The first kappa shape index (κ1) is 12.5. The summed E-state index contributed by atoms with van der Waals surface area (Å²) in [7, 11) is -3.11. The maximum absolute atomic E-state index is 13.1. The predicted molar refractivity (Wildman–Crippen MR) is 64.8 cm³/mol. The molecule has 1 aliphatic heterocycles. The summed E-state index contributed by atoms with van der Waals surface area (Å²) in [4.78, 5) is 0. The molecule has 1 aromatic rings. The molecule has 0 bridgehead atoms. The zero-order valence-corrected chi connectivity index (χ0v) is 10.6. The summed E-state index contributed by atoms with van der Waals surface area (Å²) in [5.74, 6) is -0.0191. The van der Waals surface area contributed by atoms with Crippen molar-refractivity contribution >= 4 is 10.0 Å². The fraction of sp³-hybridized carbons (Fsp3) is 0.500. The molecule has 0 saturated carbocycles. The van der Waals surface area contributed by atoms with E-state index in [1.165, 1.54) is 16.4 Å². The van der Waals surface area contributed by atoms with Gasteiger partial charge in [-0.25, -0.2) is 17.1 Å². The smallest absolute Gasteiger partial charge is 0.212 e. The van der Waals surface area contributed by atoms with Crippen LogP contribution < -0.4 is 0 Å². The maximum atomic E-state index is 13.1. The van der Waals surface area contributed by atoms with Gasteiger partial charge in [-0.1, -0.05) is 12.1 Å². The first-order chi connectivity index (χ1) is 8.03. The first-order valence-electron chi connectivity index (χ1n) is 5.76. The second-order valence-corrected chi connectivity index (χ2v) is 6.56. The normalized spacial score (nSPS) is 21.9. The number of halogens is 1. The third-order valence-corrected chi connectivity index (χ3v) is 5.08. The Morgan fingerprint density at radius 1 is 1.47 bits per heavy atom. The molecule has 17 heavy (non-hydrogen) atoms. The highest BCUT2D eigenvalue weighted by atomic mass is 32.2. The van der Waals surface area contributed by atoms with Gasteiger partial charge in [-0.2, -0.15) is 0 Å². The van der Waals surface area contributed by atoms with Crippen molar-refractivity contribution in [3.63, 3.8) is 0 Å². The van der Waals surface area contributed by atoms with Crippen molar-refractivity contribution in [2.24, 2.45) is 0 Å². The molecular weight excluding hydrogens is 241 g/mol. The number of rotatable bonds is 3. The van der Waals surface area contributed by atoms with E-state index >= 15 is 0 Å². The zero-order valence-electron chi connectivity index (χ0n) is 9.77. The van der Waals surface area contributed by atoms with Crippen molar-refractivity contribution in [1.82, 2.24) is 4.31 Å². The van der Waals surface area contributed by atoms with Crippen LogP contribution in [0.15, 0.2) is 24.3 Å². The van der Waals surface area contributed by atoms with Crippen LogP contribution in [0.1, 0.15) is 24.8 Å². The lowest BCUT2D eigenvalue weighted by molar-refractivity contribution is 0.474. The van der Waals surface area contributed by atoms with E-state index in [9.17, 15) is 12.8 Å². The molecule has 1 aliphatic rings. The standard InChI is InChI=1S/C12H16FNO2S/c1-2-17(15,16)14-7-6-11(9-14)10-4-3-5-12(13)8-10/h3-5,8,11H,2,6-7,9H2,1H3. The predicted octanol–water partition coefficient (Wildman–Crippen LogP) is 1.96. The summed E-state index contributed by atoms with van der Waals surface area (Å²) >= 11 is 0. The summed E-state index contributed by atoms with van der Waals surface area (Å²) in [6.07, 6.45) is 0.767. The first-order valence-corrected chi connectivity index (χ1v) is 7.37. The molecule has 1 atom stereocenters. The summed E-state index contributed by atoms with van der Waals surface area (Å²) in [6, 6.07) is 6.42. The van der Waals surface area contributed by atoms with Gasteiger partial charge in [-0.3, -0.25) is 0 Å². The molecule has 0 aliphatic carbocycles. The molecule has 2 rings (SSSR count). The van der Waals surface area contributed by atoms with Crippen molar-refractivity contribution in [3.8, 4) is 0 Å². The Labute approximate surface area is 101 Å². The molecule has 0 N–H and O–H groups in total. The molecule has 0 radical (unpaired) electrons. The van der Waals surface area contributed by atoms with Crippen LogP contribution in [0, 0.1) is 5.82 Å². The van der Waals surface area contributed by atoms with Crippen LogP contribution >= 0.6 is 0 Å². The van der Waals surface area contributed by atoms with Crippen LogP contribution in [0.3, 0.4) is 0 Å². The minimum atomic E-state index is -3.11. The van der Waals surface area contributed by atoms with Gasteiger partial charge in [-0.15, -0.1) is 0 Å². The Kier molecular flexibility index (Phi) is 3.49. The third kappa shape index (κ3) is 2.66. The molecule has 3 nitrogen and oxygen atoms in total. The lowest BCUT2D eigenvalue weighted by atomic mass is 9.99. The highest BCUT2D eigenvalue weighted by Gasteiger charge is 2.30. The van der Waals surface area contributed by atoms with E-state index in [0.29, 0.717) is 13.1 Å². The van der Waals surface area contributed by atoms with Gasteiger partial charge in [0.25, 0.3) is 0 Å². The molecule has 0 spiro atoms. The lowest BCUT2D eigenvalue weighted by Crippen LogP contribution is -2.29. The zero-order chi connectivity index (χ0) is 12.5. The van der Waals surface area contributed by atoms with Crippen LogP contribution in [0.5, 0.6) is 0 Å². The lowest BCUT2D eigenvalue weighted by Gasteiger charge is -2.15. The summed E-state index contributed by atoms with van der Waals surface area (Å²) in [5, 5.41) is 0. The average Bonchev–Trinajstić information content (AvgIpc) is 2.79. The molecule has 94 valence electrons. The topological polar surface area (TPSA) is 37.4 Å². The Balaban J connectivity index is 2.13. The molecule has 1 saturated heterocycles. The molecule has 0 aromatic heterocycles. The van der Waals surface area contributed by atoms with Gasteiger partial charge in [0.05, 0.1) is 5.75 Å². The van der Waals surface area contributed by atoms with Crippen LogP contribution in [-0.4, -0.2) is 31.6 Å². The SMILES string of the molecule is CCS(=O)(=O)N1CCC(c2cccc(F)c2)C1. The minimum absolute atomic E-state index is 0.118. The molecule has 1 heterocycles. The van der Waals surface area contributed by atoms with Crippen molar-refractivity contribution < 1.29 is 12.8 Å². The fourth-order valence-electron chi connectivity index (χ4n) is 2.20. The van der Waals surface area contributed by atoms with Crippen LogP contribution in [-0.2, 0) is 10.0 Å². The van der Waals surface area contributed by atoms with Gasteiger partial charge in [0.1, 0.15) is 5.82 Å². The largest absolute Gasteiger partial charge is 0.213 e. The van der Waals surface area contributed by atoms with E-state index in [4.69, 9.17) is 0 Å². The molecule has 0 amide bonds. The van der Waals surface area contributed by atoms with E-state index in [-0.39, 0.29) is 17.5 Å². The van der Waals surface area contributed by atoms with Gasteiger partial charge in [0.2, 0.25) is 10.0 Å².